The monoisotopic (exact) mass is 293 g/mol. The molecule has 2 aromatic rings. The molecule has 0 radical (unpaired) electrons. The zero-order valence-electron chi connectivity index (χ0n) is 10.9. The molecule has 1 aromatic heterocycles. The second-order valence-corrected chi connectivity index (χ2v) is 4.39. The molecule has 0 bridgehead atoms. The van der Waals surface area contributed by atoms with E-state index in [9.17, 15) is 9.90 Å². The van der Waals surface area contributed by atoms with Crippen molar-refractivity contribution in [2.24, 2.45) is 17.1 Å². The molecule has 20 heavy (non-hydrogen) atoms. The summed E-state index contributed by atoms with van der Waals surface area (Å²) in [4.78, 5) is 16.4. The number of H-pyrrole nitrogens is 1. The minimum absolute atomic E-state index is 0.0826. The van der Waals surface area contributed by atoms with E-state index in [-0.39, 0.29) is 5.69 Å². The number of aliphatic imine (C=N–C) groups is 1. The van der Waals surface area contributed by atoms with Crippen molar-refractivity contribution in [1.29, 1.82) is 0 Å². The van der Waals surface area contributed by atoms with Gasteiger partial charge in [0.15, 0.2) is 0 Å². The molecule has 0 spiro atoms. The molecule has 0 saturated carbocycles. The van der Waals surface area contributed by atoms with Gasteiger partial charge in [-0.05, 0) is 17.7 Å². The Labute approximate surface area is 119 Å². The normalized spacial score (nSPS) is 12.2. The summed E-state index contributed by atoms with van der Waals surface area (Å²) in [7, 11) is 2.87. The highest BCUT2D eigenvalue weighted by molar-refractivity contribution is 6.30. The first-order valence-electron chi connectivity index (χ1n) is 5.68. The largest absolute Gasteiger partial charge is 0.856 e. The molecule has 1 aromatic carbocycles. The highest BCUT2D eigenvalue weighted by Gasteiger charge is 2.18. The lowest BCUT2D eigenvalue weighted by atomic mass is 10.2. The molecular formula is C12H12ClN5O2. The third-order valence-electron chi connectivity index (χ3n) is 2.57. The number of aryl methyl sites for hydroxylation is 1. The van der Waals surface area contributed by atoms with Gasteiger partial charge in [0, 0.05) is 22.8 Å². The lowest BCUT2D eigenvalue weighted by molar-refractivity contribution is -0.735. The number of aromatic nitrogens is 3. The molecule has 0 aliphatic heterocycles. The average Bonchev–Trinajstić information content (AvgIpc) is 2.72. The number of halogens is 1. The lowest BCUT2D eigenvalue weighted by Gasteiger charge is -2.01. The molecule has 0 atom stereocenters. The van der Waals surface area contributed by atoms with Crippen molar-refractivity contribution in [3.63, 3.8) is 0 Å². The maximum Gasteiger partial charge on any atom is 0.427 e. The Bertz CT molecular complexity index is 727. The van der Waals surface area contributed by atoms with Gasteiger partial charge in [-0.1, -0.05) is 34.0 Å². The predicted octanol–water partition coefficient (Wildman–Crippen LogP) is -0.727. The molecule has 1 heterocycles. The number of hydrogen-bond acceptors (Lipinski definition) is 4. The highest BCUT2D eigenvalue weighted by Crippen LogP contribution is 2.07. The van der Waals surface area contributed by atoms with E-state index < -0.39 is 11.5 Å². The molecule has 0 fully saturated rings. The number of aromatic amines is 1. The first-order chi connectivity index (χ1) is 9.52. The second-order valence-electron chi connectivity index (χ2n) is 3.95. The zero-order chi connectivity index (χ0) is 14.7. The van der Waals surface area contributed by atoms with Gasteiger partial charge < -0.3 is 5.11 Å². The second kappa shape index (κ2) is 5.70. The quantitative estimate of drug-likeness (QED) is 0.459. The molecule has 0 unspecified atom stereocenters. The molecule has 7 nitrogen and oxygen atoms in total. The molecule has 2 rings (SSSR count). The standard InChI is InChI=1S/C12H12ClN5O2/c1-14-11(19)10-12(20)18(16-17(10)2)15-7-8-3-5-9(13)6-4-8/h3-7H,1-2H3,(H-,14,16,19,20). The van der Waals surface area contributed by atoms with Crippen LogP contribution in [0, 0.1) is 0 Å². The first-order valence-corrected chi connectivity index (χ1v) is 6.06. The van der Waals surface area contributed by atoms with Gasteiger partial charge in [-0.25, -0.2) is 4.79 Å². The van der Waals surface area contributed by atoms with Crippen LogP contribution in [0.3, 0.4) is 0 Å². The van der Waals surface area contributed by atoms with Crippen molar-refractivity contribution in [3.8, 4) is 0 Å². The van der Waals surface area contributed by atoms with Gasteiger partial charge in [-0.2, -0.15) is 4.68 Å². The number of nitrogens with zero attached hydrogens (tertiary/aromatic N) is 4. The Kier molecular flexibility index (Phi) is 3.99. The van der Waals surface area contributed by atoms with Crippen LogP contribution in [0.5, 0.6) is 0 Å². The van der Waals surface area contributed by atoms with E-state index in [1.165, 1.54) is 25.0 Å². The van der Waals surface area contributed by atoms with E-state index in [2.05, 4.69) is 15.3 Å². The summed E-state index contributed by atoms with van der Waals surface area (Å²) in [5, 5.41) is 18.7. The number of rotatable bonds is 3. The fraction of sp³-hybridized carbons (Fsp3) is 0.167. The Hall–Kier alpha value is -2.41. The maximum absolute atomic E-state index is 12.0. The van der Waals surface area contributed by atoms with E-state index in [4.69, 9.17) is 11.6 Å². The van der Waals surface area contributed by atoms with Gasteiger partial charge in [0.25, 0.3) is 0 Å². The Morgan fingerprint density at radius 1 is 1.45 bits per heavy atom. The third-order valence-corrected chi connectivity index (χ3v) is 2.83. The molecule has 8 heteroatoms. The minimum Gasteiger partial charge on any atom is -0.856 e. The molecule has 0 aliphatic carbocycles. The molecule has 1 N–H and O–H groups in total. The lowest BCUT2D eigenvalue weighted by Crippen LogP contribution is -2.43. The molecule has 0 saturated heterocycles. The molecule has 0 aliphatic rings. The van der Waals surface area contributed by atoms with Crippen molar-refractivity contribution in [3.05, 3.63) is 50.9 Å². The van der Waals surface area contributed by atoms with Crippen LogP contribution >= 0.6 is 11.6 Å². The first kappa shape index (κ1) is 14.0. The van der Waals surface area contributed by atoms with E-state index in [0.717, 1.165) is 10.4 Å². The fourth-order valence-electron chi connectivity index (χ4n) is 1.57. The summed E-state index contributed by atoms with van der Waals surface area (Å²) < 4.78 is 1.27. The van der Waals surface area contributed by atoms with Gasteiger partial charge in [-0.15, -0.1) is 0 Å². The van der Waals surface area contributed by atoms with Crippen molar-refractivity contribution in [1.82, 2.24) is 10.0 Å². The summed E-state index contributed by atoms with van der Waals surface area (Å²) in [5.41, 5.74) is 0.126. The summed E-state index contributed by atoms with van der Waals surface area (Å²) >= 11 is 5.77. The zero-order valence-corrected chi connectivity index (χ0v) is 11.6. The molecule has 0 amide bonds. The van der Waals surface area contributed by atoms with Crippen molar-refractivity contribution in [2.75, 3.05) is 7.05 Å². The number of hydrogen-bond donors (Lipinski definition) is 1. The van der Waals surface area contributed by atoms with Gasteiger partial charge in [0.2, 0.25) is 5.69 Å². The number of nitrogens with one attached hydrogen (secondary N) is 1. The van der Waals surface area contributed by atoms with Crippen LogP contribution in [-0.2, 0) is 7.05 Å². The summed E-state index contributed by atoms with van der Waals surface area (Å²) in [6.07, 6.45) is 1.48. The van der Waals surface area contributed by atoms with Gasteiger partial charge in [0.1, 0.15) is 7.05 Å². The Morgan fingerprint density at radius 2 is 2.10 bits per heavy atom. The minimum atomic E-state index is -0.603. The topological polar surface area (TPSA) is 89.4 Å². The van der Waals surface area contributed by atoms with Crippen molar-refractivity contribution < 1.29 is 9.79 Å². The van der Waals surface area contributed by atoms with Crippen LogP contribution in [0.4, 0.5) is 0 Å². The van der Waals surface area contributed by atoms with Gasteiger partial charge >= 0.3 is 5.56 Å². The van der Waals surface area contributed by atoms with Crippen LogP contribution in [0.2, 0.25) is 5.02 Å². The summed E-state index contributed by atoms with van der Waals surface area (Å²) in [6, 6.07) is 6.94. The summed E-state index contributed by atoms with van der Waals surface area (Å²) in [5.74, 6) is -0.603. The maximum atomic E-state index is 12.0. The van der Waals surface area contributed by atoms with Crippen molar-refractivity contribution >= 4 is 23.7 Å². The third kappa shape index (κ3) is 2.77. The van der Waals surface area contributed by atoms with Crippen LogP contribution in [0.25, 0.3) is 0 Å². The SMILES string of the molecule is CN=C([O-])c1c(=O)n(N=Cc2ccc(Cl)cc2)[nH][n+]1C. The van der Waals surface area contributed by atoms with Gasteiger partial charge in [0.05, 0.1) is 6.21 Å². The van der Waals surface area contributed by atoms with Crippen molar-refractivity contribution in [2.45, 2.75) is 0 Å². The molecular weight excluding hydrogens is 282 g/mol. The predicted molar refractivity (Wildman–Crippen MR) is 73.1 cm³/mol. The van der Waals surface area contributed by atoms with Crippen LogP contribution in [0.15, 0.2) is 39.2 Å². The van der Waals surface area contributed by atoms with Crippen LogP contribution in [0.1, 0.15) is 11.3 Å². The van der Waals surface area contributed by atoms with E-state index >= 15 is 0 Å². The molecule has 104 valence electrons. The highest BCUT2D eigenvalue weighted by atomic mass is 35.5. The van der Waals surface area contributed by atoms with E-state index in [1.54, 1.807) is 24.3 Å². The van der Waals surface area contributed by atoms with Crippen LogP contribution < -0.4 is 15.3 Å². The number of benzene rings is 1. The van der Waals surface area contributed by atoms with E-state index in [0.29, 0.717) is 5.02 Å². The smallest absolute Gasteiger partial charge is 0.427 e. The van der Waals surface area contributed by atoms with Gasteiger partial charge in [-0.3, -0.25) is 4.99 Å². The fourth-order valence-corrected chi connectivity index (χ4v) is 1.70. The average molecular weight is 294 g/mol. The Balaban J connectivity index is 2.36. The van der Waals surface area contributed by atoms with E-state index in [1.807, 2.05) is 0 Å². The van der Waals surface area contributed by atoms with Crippen LogP contribution in [-0.4, -0.2) is 29.2 Å². The summed E-state index contributed by atoms with van der Waals surface area (Å²) in [6.45, 7) is 0. The Morgan fingerprint density at radius 3 is 2.70 bits per heavy atom.